The Morgan fingerprint density at radius 3 is 2.65 bits per heavy atom. The van der Waals surface area contributed by atoms with Crippen molar-refractivity contribution in [1.82, 2.24) is 9.97 Å². The number of aliphatic hydroxyl groups is 1. The van der Waals surface area contributed by atoms with Crippen LogP contribution >= 0.6 is 11.6 Å². The van der Waals surface area contributed by atoms with Crippen molar-refractivity contribution in [3.05, 3.63) is 59.1 Å². The summed E-state index contributed by atoms with van der Waals surface area (Å²) in [4.78, 5) is 7.55. The average molecular weight is 288 g/mol. The van der Waals surface area contributed by atoms with Crippen LogP contribution in [0.5, 0.6) is 0 Å². The fraction of sp³-hybridized carbons (Fsp3) is 0.133. The molecule has 5 heteroatoms. The van der Waals surface area contributed by atoms with E-state index in [1.807, 2.05) is 36.4 Å². The molecular formula is C15H14ClN3O. The van der Waals surface area contributed by atoms with Gasteiger partial charge in [-0.1, -0.05) is 35.9 Å². The van der Waals surface area contributed by atoms with Gasteiger partial charge in [-0.05, 0) is 29.8 Å². The summed E-state index contributed by atoms with van der Waals surface area (Å²) in [6.45, 7) is 0.376. The third-order valence-electron chi connectivity index (χ3n) is 3.11. The minimum absolute atomic E-state index is 0.376. The summed E-state index contributed by atoms with van der Waals surface area (Å²) in [5.41, 5.74) is 2.69. The Bertz CT molecular complexity index is 675. The minimum Gasteiger partial charge on any atom is -0.387 e. The highest BCUT2D eigenvalue weighted by molar-refractivity contribution is 6.30. The van der Waals surface area contributed by atoms with Gasteiger partial charge in [-0.2, -0.15) is 0 Å². The predicted octanol–water partition coefficient (Wildman–Crippen LogP) is 3.36. The van der Waals surface area contributed by atoms with Gasteiger partial charge in [0, 0.05) is 11.6 Å². The fourth-order valence-electron chi connectivity index (χ4n) is 2.03. The standard InChI is InChI=1S/C15H14ClN3O/c16-11-7-5-10(6-8-11)14(20)9-17-15-18-12-3-1-2-4-13(12)19-15/h1-8,14,20H,9H2,(H2,17,18,19). The Kier molecular flexibility index (Phi) is 3.58. The number of imidazole rings is 1. The summed E-state index contributed by atoms with van der Waals surface area (Å²) in [5.74, 6) is 0.652. The van der Waals surface area contributed by atoms with E-state index in [0.717, 1.165) is 16.6 Å². The molecule has 0 aliphatic carbocycles. The molecule has 0 aliphatic heterocycles. The molecule has 3 aromatic rings. The van der Waals surface area contributed by atoms with Crippen LogP contribution in [0.3, 0.4) is 0 Å². The van der Waals surface area contributed by atoms with Gasteiger partial charge in [-0.25, -0.2) is 4.98 Å². The predicted molar refractivity (Wildman–Crippen MR) is 81.0 cm³/mol. The Balaban J connectivity index is 1.68. The molecule has 0 radical (unpaired) electrons. The lowest BCUT2D eigenvalue weighted by Gasteiger charge is -2.11. The third kappa shape index (κ3) is 2.76. The molecule has 4 nitrogen and oxygen atoms in total. The fourth-order valence-corrected chi connectivity index (χ4v) is 2.16. The lowest BCUT2D eigenvalue weighted by molar-refractivity contribution is 0.191. The van der Waals surface area contributed by atoms with Gasteiger partial charge in [0.05, 0.1) is 17.1 Å². The zero-order valence-corrected chi connectivity index (χ0v) is 11.4. The number of rotatable bonds is 4. The van der Waals surface area contributed by atoms with Gasteiger partial charge in [0.2, 0.25) is 5.95 Å². The van der Waals surface area contributed by atoms with E-state index in [4.69, 9.17) is 11.6 Å². The van der Waals surface area contributed by atoms with E-state index >= 15 is 0 Å². The van der Waals surface area contributed by atoms with Crippen molar-refractivity contribution >= 4 is 28.6 Å². The van der Waals surface area contributed by atoms with E-state index < -0.39 is 6.10 Å². The van der Waals surface area contributed by atoms with Crippen LogP contribution in [0.15, 0.2) is 48.5 Å². The molecule has 0 fully saturated rings. The van der Waals surface area contributed by atoms with E-state index in [2.05, 4.69) is 15.3 Å². The van der Waals surface area contributed by atoms with Crippen LogP contribution in [-0.2, 0) is 0 Å². The minimum atomic E-state index is -0.611. The van der Waals surface area contributed by atoms with Gasteiger partial charge in [-0.3, -0.25) is 0 Å². The van der Waals surface area contributed by atoms with Crippen LogP contribution in [0.4, 0.5) is 5.95 Å². The zero-order chi connectivity index (χ0) is 13.9. The molecule has 3 rings (SSSR count). The highest BCUT2D eigenvalue weighted by Crippen LogP contribution is 2.18. The Morgan fingerprint density at radius 1 is 1.15 bits per heavy atom. The van der Waals surface area contributed by atoms with Gasteiger partial charge in [0.15, 0.2) is 0 Å². The van der Waals surface area contributed by atoms with Crippen LogP contribution < -0.4 is 5.32 Å². The third-order valence-corrected chi connectivity index (χ3v) is 3.36. The number of H-pyrrole nitrogens is 1. The number of hydrogen-bond acceptors (Lipinski definition) is 3. The van der Waals surface area contributed by atoms with Gasteiger partial charge in [0.1, 0.15) is 0 Å². The molecule has 1 atom stereocenters. The van der Waals surface area contributed by atoms with Gasteiger partial charge in [-0.15, -0.1) is 0 Å². The molecule has 0 aliphatic rings. The highest BCUT2D eigenvalue weighted by Gasteiger charge is 2.08. The molecule has 1 unspecified atom stereocenters. The first-order valence-electron chi connectivity index (χ1n) is 6.34. The summed E-state index contributed by atoms with van der Waals surface area (Å²) in [7, 11) is 0. The molecule has 0 saturated heterocycles. The molecule has 0 amide bonds. The molecule has 2 aromatic carbocycles. The highest BCUT2D eigenvalue weighted by atomic mass is 35.5. The number of aliphatic hydroxyl groups excluding tert-OH is 1. The summed E-state index contributed by atoms with van der Waals surface area (Å²) >= 11 is 5.82. The summed E-state index contributed by atoms with van der Waals surface area (Å²) in [6, 6.07) is 14.9. The number of nitrogens with one attached hydrogen (secondary N) is 2. The molecule has 102 valence electrons. The van der Waals surface area contributed by atoms with Crippen molar-refractivity contribution in [2.24, 2.45) is 0 Å². The topological polar surface area (TPSA) is 60.9 Å². The number of fused-ring (bicyclic) bond motifs is 1. The maximum atomic E-state index is 10.1. The number of nitrogens with zero attached hydrogens (tertiary/aromatic N) is 1. The van der Waals surface area contributed by atoms with Crippen molar-refractivity contribution in [2.45, 2.75) is 6.10 Å². The summed E-state index contributed by atoms with van der Waals surface area (Å²) in [5, 5.41) is 13.9. The van der Waals surface area contributed by atoms with E-state index in [1.54, 1.807) is 12.1 Å². The zero-order valence-electron chi connectivity index (χ0n) is 10.7. The van der Waals surface area contributed by atoms with Crippen LogP contribution in [0, 0.1) is 0 Å². The Morgan fingerprint density at radius 2 is 1.90 bits per heavy atom. The second-order valence-electron chi connectivity index (χ2n) is 4.55. The first-order valence-corrected chi connectivity index (χ1v) is 6.72. The normalized spacial score (nSPS) is 12.5. The first kappa shape index (κ1) is 13.0. The number of anilines is 1. The van der Waals surface area contributed by atoms with Crippen molar-refractivity contribution in [2.75, 3.05) is 11.9 Å². The lowest BCUT2D eigenvalue weighted by atomic mass is 10.1. The van der Waals surface area contributed by atoms with Gasteiger partial charge >= 0.3 is 0 Å². The number of hydrogen-bond donors (Lipinski definition) is 3. The van der Waals surface area contributed by atoms with E-state index in [1.165, 1.54) is 0 Å². The quantitative estimate of drug-likeness (QED) is 0.689. The number of aromatic amines is 1. The number of halogens is 1. The molecule has 1 heterocycles. The van der Waals surface area contributed by atoms with Crippen LogP contribution in [0.1, 0.15) is 11.7 Å². The molecule has 0 saturated carbocycles. The van der Waals surface area contributed by atoms with E-state index in [9.17, 15) is 5.11 Å². The number of para-hydroxylation sites is 2. The molecule has 0 bridgehead atoms. The van der Waals surface area contributed by atoms with Crippen molar-refractivity contribution in [1.29, 1.82) is 0 Å². The van der Waals surface area contributed by atoms with E-state index in [-0.39, 0.29) is 0 Å². The molecular weight excluding hydrogens is 274 g/mol. The number of aromatic nitrogens is 2. The summed E-state index contributed by atoms with van der Waals surface area (Å²) in [6.07, 6.45) is -0.611. The summed E-state index contributed by atoms with van der Waals surface area (Å²) < 4.78 is 0. The average Bonchev–Trinajstić information content (AvgIpc) is 2.88. The molecule has 1 aromatic heterocycles. The van der Waals surface area contributed by atoms with Crippen molar-refractivity contribution < 1.29 is 5.11 Å². The first-order chi connectivity index (χ1) is 9.72. The maximum absolute atomic E-state index is 10.1. The largest absolute Gasteiger partial charge is 0.387 e. The lowest BCUT2D eigenvalue weighted by Crippen LogP contribution is -2.12. The smallest absolute Gasteiger partial charge is 0.201 e. The second kappa shape index (κ2) is 5.53. The number of benzene rings is 2. The van der Waals surface area contributed by atoms with Crippen molar-refractivity contribution in [3.63, 3.8) is 0 Å². The van der Waals surface area contributed by atoms with Gasteiger partial charge < -0.3 is 15.4 Å². The van der Waals surface area contributed by atoms with Gasteiger partial charge in [0.25, 0.3) is 0 Å². The second-order valence-corrected chi connectivity index (χ2v) is 4.99. The molecule has 0 spiro atoms. The Hall–Kier alpha value is -2.04. The monoisotopic (exact) mass is 287 g/mol. The van der Waals surface area contributed by atoms with Crippen molar-refractivity contribution in [3.8, 4) is 0 Å². The van der Waals surface area contributed by atoms with Crippen LogP contribution in [0.2, 0.25) is 5.02 Å². The van der Waals surface area contributed by atoms with Crippen LogP contribution in [0.25, 0.3) is 11.0 Å². The molecule has 3 N–H and O–H groups in total. The van der Waals surface area contributed by atoms with Crippen LogP contribution in [-0.4, -0.2) is 21.6 Å². The van der Waals surface area contributed by atoms with E-state index in [0.29, 0.717) is 17.5 Å². The Labute approximate surface area is 121 Å². The maximum Gasteiger partial charge on any atom is 0.201 e. The SMILES string of the molecule is OC(CNc1nc2ccccc2[nH]1)c1ccc(Cl)cc1. The molecule has 20 heavy (non-hydrogen) atoms.